The molecule has 0 saturated carbocycles. The lowest BCUT2D eigenvalue weighted by Gasteiger charge is -2.27. The summed E-state index contributed by atoms with van der Waals surface area (Å²) in [5, 5.41) is 12.7. The Balaban J connectivity index is 2.21. The standard InChI is InChI=1S/C13H19NO2/c1-9(15)8-14-12-10-6-4-5-7-11(10)16-13(12,2)3/h4-7,9,12,14-15H,8H2,1-3H3. The molecule has 1 aliphatic rings. The van der Waals surface area contributed by atoms with Crippen molar-refractivity contribution in [2.75, 3.05) is 6.54 Å². The smallest absolute Gasteiger partial charge is 0.125 e. The quantitative estimate of drug-likeness (QED) is 0.818. The average Bonchev–Trinajstić information content (AvgIpc) is 2.44. The molecule has 0 spiro atoms. The van der Waals surface area contributed by atoms with Gasteiger partial charge in [-0.3, -0.25) is 0 Å². The first-order valence-corrected chi connectivity index (χ1v) is 5.70. The second kappa shape index (κ2) is 4.07. The summed E-state index contributed by atoms with van der Waals surface area (Å²) in [6.45, 7) is 6.48. The third-order valence-electron chi connectivity index (χ3n) is 2.92. The first-order valence-electron chi connectivity index (χ1n) is 5.70. The highest BCUT2D eigenvalue weighted by Crippen LogP contribution is 2.42. The molecule has 0 aromatic heterocycles. The van der Waals surface area contributed by atoms with Gasteiger partial charge in [-0.15, -0.1) is 0 Å². The predicted molar refractivity (Wildman–Crippen MR) is 63.6 cm³/mol. The van der Waals surface area contributed by atoms with Gasteiger partial charge in [0.05, 0.1) is 12.1 Å². The molecule has 3 heteroatoms. The number of hydrogen-bond acceptors (Lipinski definition) is 3. The molecule has 0 radical (unpaired) electrons. The number of nitrogens with one attached hydrogen (secondary N) is 1. The van der Waals surface area contributed by atoms with Crippen LogP contribution in [0.4, 0.5) is 0 Å². The molecule has 0 saturated heterocycles. The van der Waals surface area contributed by atoms with Crippen molar-refractivity contribution in [3.63, 3.8) is 0 Å². The van der Waals surface area contributed by atoms with Gasteiger partial charge in [-0.25, -0.2) is 0 Å². The average molecular weight is 221 g/mol. The van der Waals surface area contributed by atoms with Crippen LogP contribution in [0, 0.1) is 0 Å². The van der Waals surface area contributed by atoms with Gasteiger partial charge in [0.2, 0.25) is 0 Å². The molecule has 0 amide bonds. The fourth-order valence-electron chi connectivity index (χ4n) is 2.17. The second-order valence-corrected chi connectivity index (χ2v) is 4.93. The van der Waals surface area contributed by atoms with E-state index in [1.54, 1.807) is 6.92 Å². The zero-order valence-corrected chi connectivity index (χ0v) is 10.0. The lowest BCUT2D eigenvalue weighted by atomic mass is 9.94. The lowest BCUT2D eigenvalue weighted by molar-refractivity contribution is 0.0879. The summed E-state index contributed by atoms with van der Waals surface area (Å²) in [6.07, 6.45) is -0.344. The topological polar surface area (TPSA) is 41.5 Å². The predicted octanol–water partition coefficient (Wildman–Crippen LogP) is 1.87. The maximum atomic E-state index is 9.33. The van der Waals surface area contributed by atoms with Crippen LogP contribution in [-0.2, 0) is 0 Å². The zero-order chi connectivity index (χ0) is 11.8. The Hall–Kier alpha value is -1.06. The molecule has 2 rings (SSSR count). The van der Waals surface area contributed by atoms with Crippen LogP contribution in [0.3, 0.4) is 0 Å². The Labute approximate surface area is 96.4 Å². The fraction of sp³-hybridized carbons (Fsp3) is 0.538. The number of fused-ring (bicyclic) bond motifs is 1. The summed E-state index contributed by atoms with van der Waals surface area (Å²) in [4.78, 5) is 0. The summed E-state index contributed by atoms with van der Waals surface area (Å²) >= 11 is 0. The highest BCUT2D eigenvalue weighted by atomic mass is 16.5. The summed E-state index contributed by atoms with van der Waals surface area (Å²) in [5.74, 6) is 0.940. The van der Waals surface area contributed by atoms with Gasteiger partial charge in [-0.05, 0) is 26.8 Å². The minimum absolute atomic E-state index is 0.137. The minimum Gasteiger partial charge on any atom is -0.486 e. The van der Waals surface area contributed by atoms with E-state index < -0.39 is 0 Å². The summed E-state index contributed by atoms with van der Waals surface area (Å²) in [6, 6.07) is 8.19. The van der Waals surface area contributed by atoms with E-state index in [0.717, 1.165) is 5.75 Å². The fourth-order valence-corrected chi connectivity index (χ4v) is 2.17. The van der Waals surface area contributed by atoms with Gasteiger partial charge in [0.15, 0.2) is 0 Å². The van der Waals surface area contributed by atoms with E-state index in [1.165, 1.54) is 5.56 Å². The molecule has 88 valence electrons. The van der Waals surface area contributed by atoms with Crippen molar-refractivity contribution in [2.24, 2.45) is 0 Å². The molecule has 1 aromatic rings. The van der Waals surface area contributed by atoms with E-state index in [2.05, 4.69) is 25.2 Å². The normalized spacial score (nSPS) is 23.6. The Morgan fingerprint density at radius 1 is 1.44 bits per heavy atom. The number of aliphatic hydroxyl groups is 1. The van der Waals surface area contributed by atoms with Crippen molar-refractivity contribution >= 4 is 0 Å². The maximum Gasteiger partial charge on any atom is 0.125 e. The van der Waals surface area contributed by atoms with Crippen LogP contribution in [0.5, 0.6) is 5.75 Å². The van der Waals surface area contributed by atoms with E-state index in [4.69, 9.17) is 4.74 Å². The molecule has 0 aliphatic carbocycles. The zero-order valence-electron chi connectivity index (χ0n) is 10.0. The monoisotopic (exact) mass is 221 g/mol. The molecule has 16 heavy (non-hydrogen) atoms. The maximum absolute atomic E-state index is 9.33. The lowest BCUT2D eigenvalue weighted by Crippen LogP contribution is -2.41. The first-order chi connectivity index (χ1) is 7.50. The molecule has 2 N–H and O–H groups in total. The molecule has 1 heterocycles. The summed E-state index contributed by atoms with van der Waals surface area (Å²) in [7, 11) is 0. The molecule has 1 aromatic carbocycles. The third-order valence-corrected chi connectivity index (χ3v) is 2.92. The van der Waals surface area contributed by atoms with E-state index >= 15 is 0 Å². The van der Waals surface area contributed by atoms with E-state index in [9.17, 15) is 5.11 Å². The summed E-state index contributed by atoms with van der Waals surface area (Å²) in [5.41, 5.74) is 0.909. The SMILES string of the molecule is CC(O)CNC1c2ccccc2OC1(C)C. The van der Waals surface area contributed by atoms with Crippen molar-refractivity contribution < 1.29 is 9.84 Å². The van der Waals surface area contributed by atoms with Crippen LogP contribution >= 0.6 is 0 Å². The van der Waals surface area contributed by atoms with Gasteiger partial charge in [0, 0.05) is 12.1 Å². The Bertz CT molecular complexity index is 374. The number of benzene rings is 1. The van der Waals surface area contributed by atoms with Crippen LogP contribution < -0.4 is 10.1 Å². The molecule has 1 aliphatic heterocycles. The van der Waals surface area contributed by atoms with Gasteiger partial charge in [0.1, 0.15) is 11.4 Å². The highest BCUT2D eigenvalue weighted by Gasteiger charge is 2.40. The number of ether oxygens (including phenoxy) is 1. The van der Waals surface area contributed by atoms with Crippen molar-refractivity contribution in [3.8, 4) is 5.75 Å². The van der Waals surface area contributed by atoms with E-state index in [1.807, 2.05) is 18.2 Å². The van der Waals surface area contributed by atoms with Gasteiger partial charge >= 0.3 is 0 Å². The second-order valence-electron chi connectivity index (χ2n) is 4.93. The van der Waals surface area contributed by atoms with Crippen molar-refractivity contribution in [1.29, 1.82) is 0 Å². The summed E-state index contributed by atoms with van der Waals surface area (Å²) < 4.78 is 5.90. The van der Waals surface area contributed by atoms with E-state index in [-0.39, 0.29) is 17.7 Å². The van der Waals surface area contributed by atoms with Crippen molar-refractivity contribution in [2.45, 2.75) is 38.5 Å². The Morgan fingerprint density at radius 3 is 2.81 bits per heavy atom. The van der Waals surface area contributed by atoms with Gasteiger partial charge in [-0.1, -0.05) is 18.2 Å². The largest absolute Gasteiger partial charge is 0.486 e. The molecule has 0 bridgehead atoms. The third kappa shape index (κ3) is 2.06. The van der Waals surface area contributed by atoms with Crippen LogP contribution in [-0.4, -0.2) is 23.4 Å². The van der Waals surface area contributed by atoms with Gasteiger partial charge in [0.25, 0.3) is 0 Å². The first kappa shape index (κ1) is 11.4. The highest BCUT2D eigenvalue weighted by molar-refractivity contribution is 5.42. The van der Waals surface area contributed by atoms with Gasteiger partial charge < -0.3 is 15.2 Å². The molecular formula is C13H19NO2. The number of hydrogen-bond donors (Lipinski definition) is 2. The van der Waals surface area contributed by atoms with Crippen molar-refractivity contribution in [1.82, 2.24) is 5.32 Å². The number of aliphatic hydroxyl groups excluding tert-OH is 1. The van der Waals surface area contributed by atoms with Gasteiger partial charge in [-0.2, -0.15) is 0 Å². The molecular weight excluding hydrogens is 202 g/mol. The molecule has 2 unspecified atom stereocenters. The van der Waals surface area contributed by atoms with Crippen LogP contribution in [0.25, 0.3) is 0 Å². The number of para-hydroxylation sites is 1. The molecule has 0 fully saturated rings. The van der Waals surface area contributed by atoms with Crippen LogP contribution in [0.1, 0.15) is 32.4 Å². The van der Waals surface area contributed by atoms with Crippen LogP contribution in [0.2, 0.25) is 0 Å². The van der Waals surface area contributed by atoms with Crippen molar-refractivity contribution in [3.05, 3.63) is 29.8 Å². The number of rotatable bonds is 3. The van der Waals surface area contributed by atoms with E-state index in [0.29, 0.717) is 6.54 Å². The molecule has 2 atom stereocenters. The van der Waals surface area contributed by atoms with Crippen LogP contribution in [0.15, 0.2) is 24.3 Å². The Kier molecular flexibility index (Phi) is 2.91. The Morgan fingerprint density at radius 2 is 2.12 bits per heavy atom. The minimum atomic E-state index is -0.344. The molecule has 3 nitrogen and oxygen atoms in total.